The number of morpholine rings is 1. The van der Waals surface area contributed by atoms with Gasteiger partial charge in [0, 0.05) is 32.2 Å². The first-order valence-corrected chi connectivity index (χ1v) is 10.6. The van der Waals surface area contributed by atoms with Gasteiger partial charge in [0.1, 0.15) is 0 Å². The van der Waals surface area contributed by atoms with Crippen LogP contribution < -0.4 is 0 Å². The normalized spacial score (nSPS) is 15.7. The Bertz CT molecular complexity index is 1020. The molecule has 0 bridgehead atoms. The maximum Gasteiger partial charge on any atom is 0.416 e. The summed E-state index contributed by atoms with van der Waals surface area (Å²) in [6.07, 6.45) is -4.54. The van der Waals surface area contributed by atoms with Crippen molar-refractivity contribution in [2.75, 3.05) is 33.4 Å². The maximum absolute atomic E-state index is 13.2. The van der Waals surface area contributed by atoms with Crippen LogP contribution in [0.1, 0.15) is 21.5 Å². The summed E-state index contributed by atoms with van der Waals surface area (Å²) in [5.41, 5.74) is -0.775. The number of ether oxygens (including phenoxy) is 1. The van der Waals surface area contributed by atoms with Crippen LogP contribution in [0.4, 0.5) is 13.2 Å². The van der Waals surface area contributed by atoms with Crippen molar-refractivity contribution >= 4 is 15.9 Å². The van der Waals surface area contributed by atoms with Crippen molar-refractivity contribution < 1.29 is 31.1 Å². The van der Waals surface area contributed by atoms with Crippen LogP contribution in [0, 0.1) is 0 Å². The van der Waals surface area contributed by atoms with Gasteiger partial charge in [-0.1, -0.05) is 24.3 Å². The molecule has 1 amide bonds. The molecule has 2 aromatic carbocycles. The second-order valence-electron chi connectivity index (χ2n) is 6.86. The van der Waals surface area contributed by atoms with Crippen LogP contribution >= 0.6 is 0 Å². The molecule has 0 spiro atoms. The lowest BCUT2D eigenvalue weighted by atomic mass is 10.1. The topological polar surface area (TPSA) is 66.9 Å². The summed E-state index contributed by atoms with van der Waals surface area (Å²) in [5.74, 6) is -0.578. The Labute approximate surface area is 172 Å². The first-order valence-electron chi connectivity index (χ1n) is 9.19. The molecule has 0 radical (unpaired) electrons. The van der Waals surface area contributed by atoms with Crippen molar-refractivity contribution in [1.29, 1.82) is 0 Å². The number of sulfonamides is 1. The highest BCUT2D eigenvalue weighted by Crippen LogP contribution is 2.32. The third-order valence-electron chi connectivity index (χ3n) is 4.77. The van der Waals surface area contributed by atoms with Gasteiger partial charge in [-0.25, -0.2) is 8.42 Å². The molecule has 0 N–H and O–H groups in total. The molecule has 0 saturated carbocycles. The van der Waals surface area contributed by atoms with E-state index >= 15 is 0 Å². The van der Waals surface area contributed by atoms with Crippen LogP contribution in [0.5, 0.6) is 0 Å². The Morgan fingerprint density at radius 1 is 1.10 bits per heavy atom. The van der Waals surface area contributed by atoms with Crippen molar-refractivity contribution in [3.8, 4) is 0 Å². The number of alkyl halides is 3. The number of carbonyl (C=O) groups is 1. The van der Waals surface area contributed by atoms with Crippen LogP contribution in [-0.4, -0.2) is 56.9 Å². The lowest BCUT2D eigenvalue weighted by molar-refractivity contribution is -0.138. The van der Waals surface area contributed by atoms with E-state index in [1.54, 1.807) is 0 Å². The number of hydrogen-bond donors (Lipinski definition) is 0. The zero-order valence-corrected chi connectivity index (χ0v) is 17.0. The van der Waals surface area contributed by atoms with Gasteiger partial charge in [0.2, 0.25) is 10.0 Å². The van der Waals surface area contributed by atoms with Gasteiger partial charge in [0.25, 0.3) is 5.91 Å². The molecular weight excluding hydrogens is 421 g/mol. The Kier molecular flexibility index (Phi) is 6.49. The highest BCUT2D eigenvalue weighted by Gasteiger charge is 2.33. The lowest BCUT2D eigenvalue weighted by Gasteiger charge is -2.26. The van der Waals surface area contributed by atoms with Crippen LogP contribution in [0.25, 0.3) is 0 Å². The Balaban J connectivity index is 1.82. The van der Waals surface area contributed by atoms with Gasteiger partial charge in [-0.2, -0.15) is 17.5 Å². The van der Waals surface area contributed by atoms with Gasteiger partial charge in [-0.15, -0.1) is 0 Å². The van der Waals surface area contributed by atoms with E-state index in [9.17, 15) is 26.4 Å². The molecule has 1 saturated heterocycles. The van der Waals surface area contributed by atoms with E-state index in [0.29, 0.717) is 13.2 Å². The van der Waals surface area contributed by atoms with E-state index in [1.807, 2.05) is 0 Å². The second kappa shape index (κ2) is 8.75. The molecule has 6 nitrogen and oxygen atoms in total. The summed E-state index contributed by atoms with van der Waals surface area (Å²) in [5, 5.41) is 0. The highest BCUT2D eigenvalue weighted by molar-refractivity contribution is 7.89. The fourth-order valence-electron chi connectivity index (χ4n) is 3.21. The molecule has 10 heteroatoms. The zero-order valence-electron chi connectivity index (χ0n) is 16.2. The van der Waals surface area contributed by atoms with Gasteiger partial charge >= 0.3 is 6.18 Å². The van der Waals surface area contributed by atoms with Gasteiger partial charge in [0.15, 0.2) is 0 Å². The first-order chi connectivity index (χ1) is 14.1. The number of rotatable bonds is 5. The average Bonchev–Trinajstić information content (AvgIpc) is 2.73. The molecular formula is C20H21F3N2O4S. The maximum atomic E-state index is 13.2. The smallest absolute Gasteiger partial charge is 0.379 e. The summed E-state index contributed by atoms with van der Waals surface area (Å²) < 4.78 is 71.6. The van der Waals surface area contributed by atoms with Crippen molar-refractivity contribution in [3.05, 3.63) is 65.2 Å². The molecule has 1 aliphatic rings. The van der Waals surface area contributed by atoms with Crippen molar-refractivity contribution in [1.82, 2.24) is 9.21 Å². The third-order valence-corrected chi connectivity index (χ3v) is 6.66. The number of halogens is 3. The molecule has 1 fully saturated rings. The molecule has 1 heterocycles. The number of carbonyl (C=O) groups excluding carboxylic acids is 1. The Hall–Kier alpha value is -2.43. The monoisotopic (exact) mass is 442 g/mol. The third kappa shape index (κ3) is 4.82. The molecule has 30 heavy (non-hydrogen) atoms. The van der Waals surface area contributed by atoms with Crippen LogP contribution in [0.2, 0.25) is 0 Å². The van der Waals surface area contributed by atoms with E-state index in [-0.39, 0.29) is 35.7 Å². The largest absolute Gasteiger partial charge is 0.416 e. The quantitative estimate of drug-likeness (QED) is 0.714. The van der Waals surface area contributed by atoms with Crippen molar-refractivity contribution in [2.45, 2.75) is 17.6 Å². The Morgan fingerprint density at radius 3 is 2.43 bits per heavy atom. The standard InChI is InChI=1S/C20H21F3N2O4S/c1-24(14-16-5-2-3-8-18(16)20(21,22)23)19(26)15-6-4-7-17(13-15)30(27,28)25-9-11-29-12-10-25/h2-8,13H,9-12,14H2,1H3. The first kappa shape index (κ1) is 22.3. The highest BCUT2D eigenvalue weighted by atomic mass is 32.2. The number of amides is 1. The summed E-state index contributed by atoms with van der Waals surface area (Å²) in [4.78, 5) is 13.9. The molecule has 0 atom stereocenters. The number of nitrogens with zero attached hydrogens (tertiary/aromatic N) is 2. The molecule has 1 aliphatic heterocycles. The second-order valence-corrected chi connectivity index (χ2v) is 8.80. The molecule has 2 aromatic rings. The van der Waals surface area contributed by atoms with Crippen molar-refractivity contribution in [2.24, 2.45) is 0 Å². The fraction of sp³-hybridized carbons (Fsp3) is 0.350. The Morgan fingerprint density at radius 2 is 1.77 bits per heavy atom. The van der Waals surface area contributed by atoms with E-state index in [1.165, 1.54) is 53.8 Å². The van der Waals surface area contributed by atoms with Crippen LogP contribution in [-0.2, 0) is 27.5 Å². The number of hydrogen-bond acceptors (Lipinski definition) is 4. The predicted molar refractivity (Wildman–Crippen MR) is 103 cm³/mol. The summed E-state index contributed by atoms with van der Waals surface area (Å²) >= 11 is 0. The van der Waals surface area contributed by atoms with Crippen LogP contribution in [0.15, 0.2) is 53.4 Å². The average molecular weight is 442 g/mol. The summed E-state index contributed by atoms with van der Waals surface area (Å²) in [6.45, 7) is 0.747. The molecule has 0 aromatic heterocycles. The van der Waals surface area contributed by atoms with Gasteiger partial charge in [-0.3, -0.25) is 4.79 Å². The minimum absolute atomic E-state index is 0.0423. The predicted octanol–water partition coefficient (Wildman–Crippen LogP) is 3.00. The van der Waals surface area contributed by atoms with E-state index in [4.69, 9.17) is 4.74 Å². The molecule has 0 aliphatic carbocycles. The van der Waals surface area contributed by atoms with Gasteiger partial charge in [-0.05, 0) is 29.8 Å². The van der Waals surface area contributed by atoms with Gasteiger partial charge < -0.3 is 9.64 Å². The summed E-state index contributed by atoms with van der Waals surface area (Å²) in [6, 6.07) is 10.5. The SMILES string of the molecule is CN(Cc1ccccc1C(F)(F)F)C(=O)c1cccc(S(=O)(=O)N2CCOCC2)c1. The van der Waals surface area contributed by atoms with Gasteiger partial charge in [0.05, 0.1) is 23.7 Å². The minimum atomic E-state index is -4.54. The summed E-state index contributed by atoms with van der Waals surface area (Å²) in [7, 11) is -2.42. The van der Waals surface area contributed by atoms with Crippen LogP contribution in [0.3, 0.4) is 0 Å². The number of benzene rings is 2. The lowest BCUT2D eigenvalue weighted by Crippen LogP contribution is -2.40. The van der Waals surface area contributed by atoms with E-state index < -0.39 is 27.7 Å². The minimum Gasteiger partial charge on any atom is -0.379 e. The molecule has 3 rings (SSSR count). The fourth-order valence-corrected chi connectivity index (χ4v) is 4.66. The van der Waals surface area contributed by atoms with E-state index in [0.717, 1.165) is 11.0 Å². The molecule has 0 unspecified atom stereocenters. The van der Waals surface area contributed by atoms with E-state index in [2.05, 4.69) is 0 Å². The molecule has 162 valence electrons. The van der Waals surface area contributed by atoms with Crippen molar-refractivity contribution in [3.63, 3.8) is 0 Å². The zero-order chi connectivity index (χ0) is 21.9.